The zero-order valence-corrected chi connectivity index (χ0v) is 37.0. The second-order valence-corrected chi connectivity index (χ2v) is 19.4. The van der Waals surface area contributed by atoms with E-state index in [2.05, 4.69) is 261 Å². The third-order valence-electron chi connectivity index (χ3n) is 11.1. The molecule has 0 saturated carbocycles. The molecule has 0 aliphatic rings. The molecule has 0 fully saturated rings. The van der Waals surface area contributed by atoms with Crippen LogP contribution in [0.2, 0.25) is 0 Å². The Morgan fingerprint density at radius 3 is 1.19 bits per heavy atom. The van der Waals surface area contributed by atoms with E-state index < -0.39 is 0 Å². The van der Waals surface area contributed by atoms with E-state index in [0.29, 0.717) is 0 Å². The van der Waals surface area contributed by atoms with E-state index in [0.717, 1.165) is 0 Å². The van der Waals surface area contributed by atoms with Gasteiger partial charge in [0.25, 0.3) is 0 Å². The molecule has 0 saturated heterocycles. The molecule has 10 aromatic rings. The monoisotopic (exact) mass is 859 g/mol. The van der Waals surface area contributed by atoms with Gasteiger partial charge >= 0.3 is 0 Å². The lowest BCUT2D eigenvalue weighted by atomic mass is 10.0. The standard InChI is InChI=1S/C60H43S3/c1-5-17-44(18-6-1)46-29-31-50(32-30-46)55-25-13-15-27-58(55)62-52-37-42-56(48-21-9-3-10-22-48)59(43-52)61-51-35-40-54(41-36-51)63(53-38-33-47(34-39-53)45-19-7-2-8-20-45)60-28-16-14-26-57(60)49-23-11-4-12-24-49/h1-43H/q+1. The first-order valence-corrected chi connectivity index (χ1v) is 24.0. The fourth-order valence-corrected chi connectivity index (χ4v) is 12.3. The molecule has 0 heterocycles. The van der Waals surface area contributed by atoms with Gasteiger partial charge in [-0.2, -0.15) is 0 Å². The predicted octanol–water partition coefficient (Wildman–Crippen LogP) is 17.4. The fraction of sp³-hybridized carbons (Fsp3) is 0. The lowest BCUT2D eigenvalue weighted by molar-refractivity contribution is 1.28. The maximum Gasteiger partial charge on any atom is 0.174 e. The Labute approximate surface area is 382 Å². The molecule has 0 spiro atoms. The van der Waals surface area contributed by atoms with Gasteiger partial charge in [0.15, 0.2) is 14.7 Å². The first-order chi connectivity index (χ1) is 31.2. The van der Waals surface area contributed by atoms with Crippen LogP contribution >= 0.6 is 23.5 Å². The van der Waals surface area contributed by atoms with Crippen molar-refractivity contribution in [2.45, 2.75) is 34.3 Å². The SMILES string of the molecule is c1ccc(-c2ccc(-c3ccccc3Sc3ccc(-c4ccccc4)c(Sc4ccc([S+](c5ccc(-c6ccccc6)cc5)c5ccccc5-c5ccccc5)cc4)c3)cc2)cc1. The Kier molecular flexibility index (Phi) is 12.2. The van der Waals surface area contributed by atoms with Crippen molar-refractivity contribution in [1.82, 2.24) is 0 Å². The van der Waals surface area contributed by atoms with Crippen molar-refractivity contribution in [2.75, 3.05) is 0 Å². The molecule has 3 heteroatoms. The second-order valence-electron chi connectivity index (χ2n) is 15.2. The zero-order chi connectivity index (χ0) is 42.2. The summed E-state index contributed by atoms with van der Waals surface area (Å²) in [4.78, 5) is 8.78. The van der Waals surface area contributed by atoms with Crippen molar-refractivity contribution < 1.29 is 0 Å². The van der Waals surface area contributed by atoms with Crippen LogP contribution in [0, 0.1) is 0 Å². The van der Waals surface area contributed by atoms with E-state index in [9.17, 15) is 0 Å². The Bertz CT molecular complexity index is 3060. The maximum absolute atomic E-state index is 2.37. The molecule has 0 bridgehead atoms. The highest BCUT2D eigenvalue weighted by atomic mass is 32.2. The van der Waals surface area contributed by atoms with Crippen LogP contribution < -0.4 is 0 Å². The van der Waals surface area contributed by atoms with Crippen LogP contribution in [0.15, 0.2) is 295 Å². The molecule has 0 aliphatic heterocycles. The summed E-state index contributed by atoms with van der Waals surface area (Å²) in [5, 5.41) is 0. The molecule has 300 valence electrons. The molecule has 1 atom stereocenters. The van der Waals surface area contributed by atoms with E-state index >= 15 is 0 Å². The highest BCUT2D eigenvalue weighted by molar-refractivity contribution is 8.00. The third-order valence-corrected chi connectivity index (χ3v) is 15.5. The average Bonchev–Trinajstić information content (AvgIpc) is 3.36. The second kappa shape index (κ2) is 19.1. The van der Waals surface area contributed by atoms with E-state index in [1.54, 1.807) is 0 Å². The first kappa shape index (κ1) is 40.3. The molecule has 10 aromatic carbocycles. The largest absolute Gasteiger partial charge is 0.174 e. The molecular weight excluding hydrogens is 817 g/mol. The summed E-state index contributed by atoms with van der Waals surface area (Å²) in [7, 11) is -0.349. The number of hydrogen-bond donors (Lipinski definition) is 0. The lowest BCUT2D eigenvalue weighted by Gasteiger charge is -2.15. The van der Waals surface area contributed by atoms with Gasteiger partial charge in [0, 0.05) is 25.1 Å². The quantitative estimate of drug-likeness (QED) is 0.112. The van der Waals surface area contributed by atoms with Gasteiger partial charge in [-0.15, -0.1) is 0 Å². The minimum Gasteiger partial charge on any atom is -0.0894 e. The molecule has 0 radical (unpaired) electrons. The molecule has 0 aliphatic carbocycles. The number of benzene rings is 10. The molecule has 1 unspecified atom stereocenters. The van der Waals surface area contributed by atoms with Gasteiger partial charge in [-0.25, -0.2) is 0 Å². The normalized spacial score (nSPS) is 11.6. The molecular formula is C60H43S3+. The van der Waals surface area contributed by atoms with E-state index in [4.69, 9.17) is 0 Å². The molecule has 0 N–H and O–H groups in total. The van der Waals surface area contributed by atoms with E-state index in [1.807, 2.05) is 23.5 Å². The highest BCUT2D eigenvalue weighted by Crippen LogP contribution is 2.44. The summed E-state index contributed by atoms with van der Waals surface area (Å²) in [5.74, 6) is 0. The van der Waals surface area contributed by atoms with Gasteiger partial charge in [-0.1, -0.05) is 206 Å². The Morgan fingerprint density at radius 1 is 0.238 bits per heavy atom. The summed E-state index contributed by atoms with van der Waals surface area (Å²) in [6.45, 7) is 0. The van der Waals surface area contributed by atoms with Gasteiger partial charge in [0.05, 0.1) is 10.9 Å². The van der Waals surface area contributed by atoms with E-state index in [-0.39, 0.29) is 10.9 Å². The van der Waals surface area contributed by atoms with Crippen LogP contribution in [0.5, 0.6) is 0 Å². The summed E-state index contributed by atoms with van der Waals surface area (Å²) in [6.07, 6.45) is 0. The molecule has 0 aromatic heterocycles. The highest BCUT2D eigenvalue weighted by Gasteiger charge is 2.32. The van der Waals surface area contributed by atoms with Crippen LogP contribution in [0.4, 0.5) is 0 Å². The molecule has 0 amide bonds. The third kappa shape index (κ3) is 9.23. The van der Waals surface area contributed by atoms with Crippen molar-refractivity contribution in [3.05, 3.63) is 261 Å². The van der Waals surface area contributed by atoms with Crippen molar-refractivity contribution in [3.63, 3.8) is 0 Å². The first-order valence-electron chi connectivity index (χ1n) is 21.2. The average molecular weight is 860 g/mol. The zero-order valence-electron chi connectivity index (χ0n) is 34.6. The fourth-order valence-electron chi connectivity index (χ4n) is 7.98. The Hall–Kier alpha value is -6.75. The van der Waals surface area contributed by atoms with Crippen molar-refractivity contribution in [1.29, 1.82) is 0 Å². The van der Waals surface area contributed by atoms with Gasteiger partial charge in [0.2, 0.25) is 0 Å². The van der Waals surface area contributed by atoms with Crippen LogP contribution in [0.3, 0.4) is 0 Å². The van der Waals surface area contributed by atoms with Gasteiger partial charge in [0.1, 0.15) is 0 Å². The van der Waals surface area contributed by atoms with Gasteiger partial charge < -0.3 is 0 Å². The molecule has 0 nitrogen and oxygen atoms in total. The smallest absolute Gasteiger partial charge is 0.0894 e. The maximum atomic E-state index is 2.37. The van der Waals surface area contributed by atoms with Gasteiger partial charge in [-0.3, -0.25) is 0 Å². The van der Waals surface area contributed by atoms with Crippen LogP contribution in [-0.2, 0) is 10.9 Å². The van der Waals surface area contributed by atoms with Gasteiger partial charge in [-0.05, 0) is 129 Å². The van der Waals surface area contributed by atoms with Crippen molar-refractivity contribution in [3.8, 4) is 55.6 Å². The minimum atomic E-state index is -0.349. The molecule has 10 rings (SSSR count). The Morgan fingerprint density at radius 2 is 0.603 bits per heavy atom. The van der Waals surface area contributed by atoms with Crippen molar-refractivity contribution in [2.24, 2.45) is 0 Å². The summed E-state index contributed by atoms with van der Waals surface area (Å²) in [5.41, 5.74) is 12.3. The van der Waals surface area contributed by atoms with E-state index in [1.165, 1.54) is 89.9 Å². The summed E-state index contributed by atoms with van der Waals surface area (Å²) < 4.78 is 0. The van der Waals surface area contributed by atoms with Crippen LogP contribution in [0.25, 0.3) is 55.6 Å². The topological polar surface area (TPSA) is 0 Å². The summed E-state index contributed by atoms with van der Waals surface area (Å²) in [6, 6.07) is 94.8. The predicted molar refractivity (Wildman–Crippen MR) is 270 cm³/mol. The number of hydrogen-bond acceptors (Lipinski definition) is 2. The minimum absolute atomic E-state index is 0.349. The Balaban J connectivity index is 0.980. The number of rotatable bonds is 12. The lowest BCUT2D eigenvalue weighted by Crippen LogP contribution is -2.06. The molecule has 63 heavy (non-hydrogen) atoms. The van der Waals surface area contributed by atoms with Crippen LogP contribution in [-0.4, -0.2) is 0 Å². The van der Waals surface area contributed by atoms with Crippen molar-refractivity contribution >= 4 is 34.4 Å². The summed E-state index contributed by atoms with van der Waals surface area (Å²) >= 11 is 3.66. The van der Waals surface area contributed by atoms with Crippen LogP contribution in [0.1, 0.15) is 0 Å².